The first-order chi connectivity index (χ1) is 12.7. The zero-order valence-electron chi connectivity index (χ0n) is 16.9. The highest BCUT2D eigenvalue weighted by atomic mass is 127. The van der Waals surface area contributed by atoms with Gasteiger partial charge in [-0.1, -0.05) is 12.1 Å². The monoisotopic (exact) mass is 490 g/mol. The maximum Gasteiger partial charge on any atom is 0.191 e. The van der Waals surface area contributed by atoms with Gasteiger partial charge in [0.05, 0.1) is 26.9 Å². The van der Waals surface area contributed by atoms with Gasteiger partial charge in [-0.25, -0.2) is 0 Å². The summed E-state index contributed by atoms with van der Waals surface area (Å²) in [7, 11) is 1.71. The largest absolute Gasteiger partial charge is 0.497 e. The molecule has 1 aliphatic heterocycles. The Hall–Kier alpha value is -1.06. The van der Waals surface area contributed by atoms with E-state index in [0.717, 1.165) is 70.5 Å². The van der Waals surface area contributed by atoms with Crippen LogP contribution in [0.25, 0.3) is 0 Å². The molecule has 0 saturated carbocycles. The average molecular weight is 490 g/mol. The van der Waals surface area contributed by atoms with Crippen LogP contribution in [0.3, 0.4) is 0 Å². The number of aliphatic imine (C=N–C) groups is 1. The first-order valence-corrected chi connectivity index (χ1v) is 9.69. The molecule has 1 saturated heterocycles. The predicted molar refractivity (Wildman–Crippen MR) is 123 cm³/mol. The van der Waals surface area contributed by atoms with Gasteiger partial charge in [-0.3, -0.25) is 9.89 Å². The summed E-state index contributed by atoms with van der Waals surface area (Å²) < 4.78 is 10.7. The quantitative estimate of drug-likeness (QED) is 0.241. The van der Waals surface area contributed by atoms with Gasteiger partial charge >= 0.3 is 0 Å². The highest BCUT2D eigenvalue weighted by Crippen LogP contribution is 2.13. The van der Waals surface area contributed by atoms with E-state index in [9.17, 15) is 0 Å². The first kappa shape index (κ1) is 24.0. The Bertz CT molecular complexity index is 551. The molecule has 154 valence electrons. The molecule has 0 radical (unpaired) electrons. The SMILES string of the molecule is CCNC(=NCC(C)N1CCOCC1)NCCCc1cccc(OC)c1.I. The van der Waals surface area contributed by atoms with Crippen molar-refractivity contribution in [2.24, 2.45) is 4.99 Å². The molecule has 1 atom stereocenters. The van der Waals surface area contributed by atoms with E-state index in [2.05, 4.69) is 41.5 Å². The Morgan fingerprint density at radius 2 is 2.07 bits per heavy atom. The summed E-state index contributed by atoms with van der Waals surface area (Å²) in [6.07, 6.45) is 2.07. The lowest BCUT2D eigenvalue weighted by atomic mass is 10.1. The molecular formula is C20H35IN4O2. The van der Waals surface area contributed by atoms with Gasteiger partial charge in [-0.2, -0.15) is 0 Å². The third-order valence-corrected chi connectivity index (χ3v) is 4.60. The van der Waals surface area contributed by atoms with Crippen molar-refractivity contribution in [3.8, 4) is 5.75 Å². The normalized spacial score (nSPS) is 16.3. The van der Waals surface area contributed by atoms with Crippen molar-refractivity contribution in [1.29, 1.82) is 0 Å². The molecule has 1 aromatic carbocycles. The smallest absolute Gasteiger partial charge is 0.191 e. The second-order valence-electron chi connectivity index (χ2n) is 6.60. The van der Waals surface area contributed by atoms with Crippen molar-refractivity contribution < 1.29 is 9.47 Å². The van der Waals surface area contributed by atoms with E-state index in [-0.39, 0.29) is 24.0 Å². The van der Waals surface area contributed by atoms with Gasteiger partial charge in [-0.15, -0.1) is 24.0 Å². The number of morpholine rings is 1. The lowest BCUT2D eigenvalue weighted by Gasteiger charge is -2.31. The second kappa shape index (κ2) is 14.0. The Kier molecular flexibility index (Phi) is 12.4. The van der Waals surface area contributed by atoms with Crippen molar-refractivity contribution in [1.82, 2.24) is 15.5 Å². The van der Waals surface area contributed by atoms with Gasteiger partial charge in [0.2, 0.25) is 0 Å². The molecule has 6 nitrogen and oxygen atoms in total. The number of rotatable bonds is 9. The third kappa shape index (κ3) is 9.12. The van der Waals surface area contributed by atoms with E-state index in [1.807, 2.05) is 12.1 Å². The van der Waals surface area contributed by atoms with Crippen LogP contribution < -0.4 is 15.4 Å². The number of ether oxygens (including phenoxy) is 2. The first-order valence-electron chi connectivity index (χ1n) is 9.69. The molecule has 1 aromatic rings. The van der Waals surface area contributed by atoms with Crippen molar-refractivity contribution in [3.05, 3.63) is 29.8 Å². The number of benzene rings is 1. The highest BCUT2D eigenvalue weighted by Gasteiger charge is 2.16. The number of nitrogens with zero attached hydrogens (tertiary/aromatic N) is 2. The van der Waals surface area contributed by atoms with Gasteiger partial charge in [0.1, 0.15) is 5.75 Å². The molecule has 1 fully saturated rings. The number of halogens is 1. The summed E-state index contributed by atoms with van der Waals surface area (Å²) in [6, 6.07) is 8.70. The fourth-order valence-corrected chi connectivity index (χ4v) is 3.03. The molecule has 0 amide bonds. The Balaban J connectivity index is 0.00000364. The zero-order chi connectivity index (χ0) is 18.6. The van der Waals surface area contributed by atoms with E-state index in [1.54, 1.807) is 7.11 Å². The molecule has 1 heterocycles. The maximum atomic E-state index is 5.42. The molecule has 0 aromatic heterocycles. The molecular weight excluding hydrogens is 455 g/mol. The minimum atomic E-state index is 0. The van der Waals surface area contributed by atoms with E-state index < -0.39 is 0 Å². The van der Waals surface area contributed by atoms with Crippen molar-refractivity contribution in [3.63, 3.8) is 0 Å². The third-order valence-electron chi connectivity index (χ3n) is 4.60. The van der Waals surface area contributed by atoms with Crippen LogP contribution in [0.2, 0.25) is 0 Å². The molecule has 2 N–H and O–H groups in total. The van der Waals surface area contributed by atoms with Crippen LogP contribution in [0.1, 0.15) is 25.8 Å². The van der Waals surface area contributed by atoms with E-state index in [4.69, 9.17) is 14.5 Å². The summed E-state index contributed by atoms with van der Waals surface area (Å²) in [5.41, 5.74) is 1.30. The van der Waals surface area contributed by atoms with Crippen LogP contribution in [0.15, 0.2) is 29.3 Å². The zero-order valence-corrected chi connectivity index (χ0v) is 19.2. The van der Waals surface area contributed by atoms with Crippen LogP contribution in [0.5, 0.6) is 5.75 Å². The Morgan fingerprint density at radius 3 is 2.78 bits per heavy atom. The molecule has 0 aliphatic carbocycles. The van der Waals surface area contributed by atoms with Gasteiger partial charge in [0.15, 0.2) is 5.96 Å². The second-order valence-corrected chi connectivity index (χ2v) is 6.60. The minimum Gasteiger partial charge on any atom is -0.497 e. The van der Waals surface area contributed by atoms with E-state index in [0.29, 0.717) is 6.04 Å². The Labute approximate surface area is 181 Å². The fourth-order valence-electron chi connectivity index (χ4n) is 3.03. The van der Waals surface area contributed by atoms with Crippen molar-refractivity contribution in [2.45, 2.75) is 32.7 Å². The van der Waals surface area contributed by atoms with Crippen LogP contribution >= 0.6 is 24.0 Å². The topological polar surface area (TPSA) is 58.1 Å². The van der Waals surface area contributed by atoms with Gasteiger partial charge in [0.25, 0.3) is 0 Å². The lowest BCUT2D eigenvalue weighted by Crippen LogP contribution is -2.44. The summed E-state index contributed by atoms with van der Waals surface area (Å²) in [5, 5.41) is 6.78. The van der Waals surface area contributed by atoms with Crippen molar-refractivity contribution in [2.75, 3.05) is 53.0 Å². The van der Waals surface area contributed by atoms with Gasteiger partial charge in [-0.05, 0) is 44.4 Å². The molecule has 7 heteroatoms. The standard InChI is InChI=1S/C20H34N4O2.HI/c1-4-21-20(23-16-17(2)24-11-13-26-14-12-24)22-10-6-8-18-7-5-9-19(15-18)25-3;/h5,7,9,15,17H,4,6,8,10-14,16H2,1-3H3,(H2,21,22,23);1H. The van der Waals surface area contributed by atoms with Crippen molar-refractivity contribution >= 4 is 29.9 Å². The van der Waals surface area contributed by atoms with Gasteiger partial charge in [0, 0.05) is 32.2 Å². The van der Waals surface area contributed by atoms with Crippen LogP contribution in [0, 0.1) is 0 Å². The Morgan fingerprint density at radius 1 is 1.30 bits per heavy atom. The summed E-state index contributed by atoms with van der Waals surface area (Å²) in [4.78, 5) is 7.20. The number of methoxy groups -OCH3 is 1. The average Bonchev–Trinajstić information content (AvgIpc) is 2.69. The molecule has 1 unspecified atom stereocenters. The molecule has 2 rings (SSSR count). The summed E-state index contributed by atoms with van der Waals surface area (Å²) in [5.74, 6) is 1.82. The molecule has 0 bridgehead atoms. The summed E-state index contributed by atoms with van der Waals surface area (Å²) >= 11 is 0. The number of aryl methyl sites for hydroxylation is 1. The van der Waals surface area contributed by atoms with Crippen LogP contribution in [-0.4, -0.2) is 69.9 Å². The molecule has 1 aliphatic rings. The van der Waals surface area contributed by atoms with Crippen LogP contribution in [0.4, 0.5) is 0 Å². The van der Waals surface area contributed by atoms with Gasteiger partial charge < -0.3 is 20.1 Å². The number of hydrogen-bond donors (Lipinski definition) is 2. The number of nitrogens with one attached hydrogen (secondary N) is 2. The number of guanidine groups is 1. The number of hydrogen-bond acceptors (Lipinski definition) is 4. The highest BCUT2D eigenvalue weighted by molar-refractivity contribution is 14.0. The lowest BCUT2D eigenvalue weighted by molar-refractivity contribution is 0.0220. The minimum absolute atomic E-state index is 0. The maximum absolute atomic E-state index is 5.42. The van der Waals surface area contributed by atoms with E-state index >= 15 is 0 Å². The molecule has 27 heavy (non-hydrogen) atoms. The molecule has 0 spiro atoms. The summed E-state index contributed by atoms with van der Waals surface area (Å²) in [6.45, 7) is 10.6. The predicted octanol–water partition coefficient (Wildman–Crippen LogP) is 2.52. The van der Waals surface area contributed by atoms with E-state index in [1.165, 1.54) is 5.56 Å². The van der Waals surface area contributed by atoms with Crippen LogP contribution in [-0.2, 0) is 11.2 Å². The fraction of sp³-hybridized carbons (Fsp3) is 0.650.